The molecule has 0 atom stereocenters. The molecular formula is C25H25Br2N3O3. The zero-order valence-electron chi connectivity index (χ0n) is 18.4. The van der Waals surface area contributed by atoms with Crippen LogP contribution in [0, 0.1) is 0 Å². The second-order valence-corrected chi connectivity index (χ2v) is 9.73. The van der Waals surface area contributed by atoms with Crippen LogP contribution in [0.4, 0.5) is 0 Å². The molecule has 0 unspecified atom stereocenters. The maximum Gasteiger partial charge on any atom is 0.282 e. The summed E-state index contributed by atoms with van der Waals surface area (Å²) in [5, 5.41) is 5.14. The lowest BCUT2D eigenvalue weighted by molar-refractivity contribution is 0.324. The topological polar surface area (TPSA) is 65.7 Å². The number of aromatic nitrogens is 2. The second kappa shape index (κ2) is 10.7. The summed E-state index contributed by atoms with van der Waals surface area (Å²) in [4.78, 5) is 18.3. The molecule has 0 N–H and O–H groups in total. The van der Waals surface area contributed by atoms with Gasteiger partial charge in [-0.1, -0.05) is 47.8 Å². The third kappa shape index (κ3) is 5.22. The molecule has 1 aliphatic rings. The van der Waals surface area contributed by atoms with Crippen molar-refractivity contribution in [1.82, 2.24) is 9.66 Å². The molecule has 4 rings (SSSR count). The molecule has 172 valence electrons. The van der Waals surface area contributed by atoms with E-state index in [1.165, 1.54) is 11.1 Å². The highest BCUT2D eigenvalue weighted by Gasteiger charge is 2.22. The van der Waals surface area contributed by atoms with Crippen molar-refractivity contribution in [2.75, 3.05) is 13.7 Å². The minimum Gasteiger partial charge on any atom is -0.493 e. The molecule has 0 spiro atoms. The predicted molar refractivity (Wildman–Crippen MR) is 139 cm³/mol. The molecule has 2 aromatic carbocycles. The highest BCUT2D eigenvalue weighted by Crippen LogP contribution is 2.36. The number of hydrogen-bond donors (Lipinski definition) is 0. The van der Waals surface area contributed by atoms with Crippen LogP contribution in [0.3, 0.4) is 0 Å². The van der Waals surface area contributed by atoms with Crippen LogP contribution < -0.4 is 15.0 Å². The van der Waals surface area contributed by atoms with E-state index in [0.29, 0.717) is 29.0 Å². The summed E-state index contributed by atoms with van der Waals surface area (Å²) in [5.41, 5.74) is 1.29. The number of fused-ring (bicyclic) bond motifs is 1. The Kier molecular flexibility index (Phi) is 7.65. The molecule has 1 heterocycles. The fourth-order valence-electron chi connectivity index (χ4n) is 4.12. The number of nitrogens with zero attached hydrogens (tertiary/aromatic N) is 3. The van der Waals surface area contributed by atoms with Crippen molar-refractivity contribution in [3.63, 3.8) is 0 Å². The van der Waals surface area contributed by atoms with Gasteiger partial charge in [0.25, 0.3) is 5.56 Å². The smallest absolute Gasteiger partial charge is 0.282 e. The van der Waals surface area contributed by atoms with Crippen LogP contribution in [-0.4, -0.2) is 29.6 Å². The van der Waals surface area contributed by atoms with Crippen molar-refractivity contribution in [1.29, 1.82) is 0 Å². The summed E-state index contributed by atoms with van der Waals surface area (Å²) >= 11 is 7.00. The Balaban J connectivity index is 1.80. The van der Waals surface area contributed by atoms with Crippen LogP contribution in [0.5, 0.6) is 11.5 Å². The van der Waals surface area contributed by atoms with Gasteiger partial charge in [-0.05, 0) is 64.7 Å². The fraction of sp³-hybridized carbons (Fsp3) is 0.320. The minimum atomic E-state index is -0.171. The van der Waals surface area contributed by atoms with E-state index < -0.39 is 0 Å². The highest BCUT2D eigenvalue weighted by atomic mass is 79.9. The fourth-order valence-corrected chi connectivity index (χ4v) is 5.06. The Morgan fingerprint density at radius 2 is 2.00 bits per heavy atom. The summed E-state index contributed by atoms with van der Waals surface area (Å²) in [5.74, 6) is 2.09. The normalized spacial score (nSPS) is 14.6. The van der Waals surface area contributed by atoms with Gasteiger partial charge in [-0.15, -0.1) is 0 Å². The first-order chi connectivity index (χ1) is 16.0. The number of halogens is 2. The van der Waals surface area contributed by atoms with Gasteiger partial charge in [-0.3, -0.25) is 4.79 Å². The van der Waals surface area contributed by atoms with E-state index in [2.05, 4.69) is 43.5 Å². The van der Waals surface area contributed by atoms with Crippen LogP contribution in [0.1, 0.15) is 49.4 Å². The molecule has 3 aromatic rings. The van der Waals surface area contributed by atoms with Crippen molar-refractivity contribution in [2.24, 2.45) is 5.10 Å². The van der Waals surface area contributed by atoms with Gasteiger partial charge in [0.1, 0.15) is 12.4 Å². The zero-order valence-corrected chi connectivity index (χ0v) is 21.6. The Morgan fingerprint density at radius 3 is 2.73 bits per heavy atom. The number of hydrogen-bond acceptors (Lipinski definition) is 5. The minimum absolute atomic E-state index is 0.171. The Labute approximate surface area is 209 Å². The van der Waals surface area contributed by atoms with Crippen LogP contribution in [-0.2, 0) is 0 Å². The molecule has 1 aliphatic carbocycles. The lowest BCUT2D eigenvalue weighted by atomic mass is 9.88. The van der Waals surface area contributed by atoms with Gasteiger partial charge < -0.3 is 9.47 Å². The van der Waals surface area contributed by atoms with E-state index in [0.717, 1.165) is 46.0 Å². The molecule has 1 fully saturated rings. The molecule has 1 aromatic heterocycles. The first kappa shape index (κ1) is 23.7. The van der Waals surface area contributed by atoms with Crippen molar-refractivity contribution in [2.45, 2.75) is 38.0 Å². The van der Waals surface area contributed by atoms with Gasteiger partial charge in [-0.2, -0.15) is 9.78 Å². The standard InChI is InChI=1S/C25H25Br2N3O3/c1-3-11-33-23-20(27)12-16(13-22(23)32-2)15-28-30-24(17-7-5-4-6-8-17)29-21-10-9-18(26)14-19(21)25(30)31/h3,9-10,12-15,17H,1,4-8,11H2,2H3. The average Bonchev–Trinajstić information content (AvgIpc) is 2.83. The van der Waals surface area contributed by atoms with E-state index in [-0.39, 0.29) is 11.5 Å². The molecule has 0 amide bonds. The summed E-state index contributed by atoms with van der Waals surface area (Å²) in [6.07, 6.45) is 8.85. The zero-order chi connectivity index (χ0) is 23.4. The van der Waals surface area contributed by atoms with Gasteiger partial charge in [0.2, 0.25) is 0 Å². The van der Waals surface area contributed by atoms with Gasteiger partial charge in [0.15, 0.2) is 11.5 Å². The Hall–Kier alpha value is -2.45. The molecule has 0 saturated heterocycles. The lowest BCUT2D eigenvalue weighted by Gasteiger charge is -2.22. The first-order valence-electron chi connectivity index (χ1n) is 10.9. The quantitative estimate of drug-likeness (QED) is 0.241. The average molecular weight is 575 g/mol. The summed E-state index contributed by atoms with van der Waals surface area (Å²) < 4.78 is 14.2. The van der Waals surface area contributed by atoms with Crippen LogP contribution in [0.25, 0.3) is 10.9 Å². The molecular weight excluding hydrogens is 550 g/mol. The number of ether oxygens (including phenoxy) is 2. The van der Waals surface area contributed by atoms with Gasteiger partial charge in [-0.25, -0.2) is 4.98 Å². The number of benzene rings is 2. The monoisotopic (exact) mass is 573 g/mol. The van der Waals surface area contributed by atoms with Crippen molar-refractivity contribution < 1.29 is 9.47 Å². The first-order valence-corrected chi connectivity index (χ1v) is 12.5. The number of methoxy groups -OCH3 is 1. The van der Waals surface area contributed by atoms with Crippen LogP contribution >= 0.6 is 31.9 Å². The molecule has 0 aliphatic heterocycles. The Bertz CT molecular complexity index is 1260. The molecule has 0 bridgehead atoms. The molecule has 6 nitrogen and oxygen atoms in total. The summed E-state index contributed by atoms with van der Waals surface area (Å²) in [6, 6.07) is 9.29. The van der Waals surface area contributed by atoms with E-state index in [1.807, 2.05) is 24.3 Å². The lowest BCUT2D eigenvalue weighted by Crippen LogP contribution is -2.25. The maximum atomic E-state index is 13.5. The van der Waals surface area contributed by atoms with E-state index in [9.17, 15) is 4.79 Å². The van der Waals surface area contributed by atoms with Gasteiger partial charge in [0, 0.05) is 10.4 Å². The maximum absolute atomic E-state index is 13.5. The molecule has 1 saturated carbocycles. The van der Waals surface area contributed by atoms with Crippen molar-refractivity contribution >= 4 is 49.0 Å². The highest BCUT2D eigenvalue weighted by molar-refractivity contribution is 9.10. The summed E-state index contributed by atoms with van der Waals surface area (Å²) in [7, 11) is 1.58. The summed E-state index contributed by atoms with van der Waals surface area (Å²) in [6.45, 7) is 4.04. The second-order valence-electron chi connectivity index (χ2n) is 7.96. The van der Waals surface area contributed by atoms with Gasteiger partial charge in [0.05, 0.1) is 28.7 Å². The molecule has 8 heteroatoms. The van der Waals surface area contributed by atoms with Crippen LogP contribution in [0.2, 0.25) is 0 Å². The van der Waals surface area contributed by atoms with E-state index in [4.69, 9.17) is 14.5 Å². The third-order valence-electron chi connectivity index (χ3n) is 5.72. The van der Waals surface area contributed by atoms with Crippen LogP contribution in [0.15, 0.2) is 61.8 Å². The van der Waals surface area contributed by atoms with Crippen molar-refractivity contribution in [3.05, 3.63) is 73.7 Å². The SMILES string of the molecule is C=CCOc1c(Br)cc(C=Nn2c(C3CCCCC3)nc3ccc(Br)cc3c2=O)cc1OC. The van der Waals surface area contributed by atoms with E-state index >= 15 is 0 Å². The van der Waals surface area contributed by atoms with E-state index in [1.54, 1.807) is 25.5 Å². The number of rotatable bonds is 7. The van der Waals surface area contributed by atoms with Crippen molar-refractivity contribution in [3.8, 4) is 11.5 Å². The molecule has 33 heavy (non-hydrogen) atoms. The predicted octanol–water partition coefficient (Wildman–Crippen LogP) is 6.42. The third-order valence-corrected chi connectivity index (χ3v) is 6.81. The molecule has 0 radical (unpaired) electrons. The largest absolute Gasteiger partial charge is 0.493 e. The van der Waals surface area contributed by atoms with Gasteiger partial charge >= 0.3 is 0 Å². The Morgan fingerprint density at radius 1 is 1.21 bits per heavy atom.